The Kier molecular flexibility index (Phi) is 4.84. The fourth-order valence-corrected chi connectivity index (χ4v) is 2.13. The third-order valence-corrected chi connectivity index (χ3v) is 3.36. The summed E-state index contributed by atoms with van der Waals surface area (Å²) in [5.74, 6) is -1.70. The van der Waals surface area contributed by atoms with Gasteiger partial charge in [0.25, 0.3) is 5.91 Å². The van der Waals surface area contributed by atoms with Crippen LogP contribution < -0.4 is 10.5 Å². The smallest absolute Gasteiger partial charge is 0.272 e. The minimum atomic E-state index is -1.30. The van der Waals surface area contributed by atoms with Crippen LogP contribution in [0.3, 0.4) is 0 Å². The van der Waals surface area contributed by atoms with Crippen molar-refractivity contribution >= 4 is 34.0 Å². The van der Waals surface area contributed by atoms with E-state index in [1.807, 2.05) is 0 Å². The predicted octanol–water partition coefficient (Wildman–Crippen LogP) is 1.58. The van der Waals surface area contributed by atoms with E-state index in [1.165, 1.54) is 12.3 Å². The van der Waals surface area contributed by atoms with E-state index in [-0.39, 0.29) is 5.56 Å². The highest BCUT2D eigenvalue weighted by atomic mass is 79.9. The maximum Gasteiger partial charge on any atom is 0.272 e. The molecule has 106 valence electrons. The summed E-state index contributed by atoms with van der Waals surface area (Å²) in [7, 11) is 0. The van der Waals surface area contributed by atoms with Crippen molar-refractivity contribution in [1.82, 2.24) is 5.43 Å². The van der Waals surface area contributed by atoms with Gasteiger partial charge in [0.1, 0.15) is 0 Å². The highest BCUT2D eigenvalue weighted by Crippen LogP contribution is 2.15. The Morgan fingerprint density at radius 3 is 2.33 bits per heavy atom. The molecule has 1 amide bonds. The Labute approximate surface area is 129 Å². The lowest BCUT2D eigenvalue weighted by molar-refractivity contribution is -0.255. The lowest BCUT2D eigenvalue weighted by atomic mass is 10.1. The summed E-state index contributed by atoms with van der Waals surface area (Å²) in [5, 5.41) is 14.7. The van der Waals surface area contributed by atoms with Gasteiger partial charge >= 0.3 is 0 Å². The summed E-state index contributed by atoms with van der Waals surface area (Å²) < 4.78 is 0.646. The number of benzene rings is 2. The van der Waals surface area contributed by atoms with Gasteiger partial charge in [-0.1, -0.05) is 36.4 Å². The van der Waals surface area contributed by atoms with Crippen molar-refractivity contribution in [3.63, 3.8) is 0 Å². The summed E-state index contributed by atoms with van der Waals surface area (Å²) in [5.41, 5.74) is 3.14. The topological polar surface area (TPSA) is 81.6 Å². The number of carboxylic acids is 1. The molecule has 0 bridgehead atoms. The maximum atomic E-state index is 11.9. The molecule has 0 radical (unpaired) electrons. The molecular weight excluding hydrogens is 336 g/mol. The quantitative estimate of drug-likeness (QED) is 0.674. The van der Waals surface area contributed by atoms with E-state index in [0.717, 1.165) is 0 Å². The minimum Gasteiger partial charge on any atom is -0.545 e. The molecule has 0 atom stereocenters. The van der Waals surface area contributed by atoms with Crippen molar-refractivity contribution in [1.29, 1.82) is 0 Å². The first-order valence-electron chi connectivity index (χ1n) is 5.98. The lowest BCUT2D eigenvalue weighted by Crippen LogP contribution is -2.24. The van der Waals surface area contributed by atoms with Gasteiger partial charge in [0.2, 0.25) is 0 Å². The van der Waals surface area contributed by atoms with Gasteiger partial charge in [-0.05, 0) is 28.1 Å². The number of halogens is 1. The molecule has 0 spiro atoms. The average molecular weight is 346 g/mol. The van der Waals surface area contributed by atoms with Crippen LogP contribution in [-0.4, -0.2) is 18.1 Å². The molecule has 0 aromatic heterocycles. The lowest BCUT2D eigenvalue weighted by Gasteiger charge is -2.06. The standard InChI is InChI=1S/C15H11BrN2O3/c16-13-8-4-3-7-12(13)14(19)18-17-9-10-5-1-2-6-11(10)15(20)21/h1-9H,(H,18,19)(H,20,21)/p-1/b17-9-. The first kappa shape index (κ1) is 14.9. The molecule has 0 heterocycles. The molecule has 0 unspecified atom stereocenters. The maximum absolute atomic E-state index is 11.9. The number of aromatic carboxylic acids is 1. The monoisotopic (exact) mass is 345 g/mol. The van der Waals surface area contributed by atoms with Gasteiger partial charge in [0.05, 0.1) is 17.7 Å². The molecule has 0 fully saturated rings. The van der Waals surface area contributed by atoms with Crippen LogP contribution in [0.15, 0.2) is 58.1 Å². The van der Waals surface area contributed by atoms with Gasteiger partial charge in [0, 0.05) is 15.6 Å². The fourth-order valence-electron chi connectivity index (χ4n) is 1.66. The zero-order valence-electron chi connectivity index (χ0n) is 10.7. The molecule has 0 aliphatic carbocycles. The number of carboxylic acid groups (broad SMARTS) is 1. The fraction of sp³-hybridized carbons (Fsp3) is 0. The van der Waals surface area contributed by atoms with E-state index in [0.29, 0.717) is 15.6 Å². The third kappa shape index (κ3) is 3.76. The first-order valence-corrected chi connectivity index (χ1v) is 6.77. The Bertz CT molecular complexity index is 714. The van der Waals surface area contributed by atoms with Crippen molar-refractivity contribution in [3.05, 3.63) is 69.7 Å². The van der Waals surface area contributed by atoms with Crippen LogP contribution in [0, 0.1) is 0 Å². The van der Waals surface area contributed by atoms with Crippen LogP contribution in [0.2, 0.25) is 0 Å². The van der Waals surface area contributed by atoms with Crippen LogP contribution >= 0.6 is 15.9 Å². The molecule has 2 rings (SSSR count). The van der Waals surface area contributed by atoms with E-state index in [2.05, 4.69) is 26.5 Å². The largest absolute Gasteiger partial charge is 0.545 e. The molecule has 2 aromatic carbocycles. The van der Waals surface area contributed by atoms with Crippen LogP contribution in [0.1, 0.15) is 26.3 Å². The summed E-state index contributed by atoms with van der Waals surface area (Å²) >= 11 is 3.27. The summed E-state index contributed by atoms with van der Waals surface area (Å²) in [6, 6.07) is 13.1. The molecule has 0 aliphatic rings. The molecule has 6 heteroatoms. The number of hydrogen-bond acceptors (Lipinski definition) is 4. The number of carbonyl (C=O) groups is 2. The first-order chi connectivity index (χ1) is 10.1. The molecule has 21 heavy (non-hydrogen) atoms. The molecule has 5 nitrogen and oxygen atoms in total. The number of nitrogens with one attached hydrogen (secondary N) is 1. The Morgan fingerprint density at radius 1 is 1.05 bits per heavy atom. The van der Waals surface area contributed by atoms with E-state index >= 15 is 0 Å². The third-order valence-electron chi connectivity index (χ3n) is 2.67. The molecular formula is C15H10BrN2O3-. The van der Waals surface area contributed by atoms with Crippen molar-refractivity contribution in [2.24, 2.45) is 5.10 Å². The second kappa shape index (κ2) is 6.81. The molecule has 0 saturated carbocycles. The Hall–Kier alpha value is -2.47. The van der Waals surface area contributed by atoms with Crippen molar-refractivity contribution < 1.29 is 14.7 Å². The van der Waals surface area contributed by atoms with Crippen LogP contribution in [0.4, 0.5) is 0 Å². The SMILES string of the molecule is O=C(N/N=C\c1ccccc1C(=O)[O-])c1ccccc1Br. The van der Waals surface area contributed by atoms with Crippen molar-refractivity contribution in [2.75, 3.05) is 0 Å². The summed E-state index contributed by atoms with van der Waals surface area (Å²) in [4.78, 5) is 22.8. The minimum absolute atomic E-state index is 0.0105. The van der Waals surface area contributed by atoms with Gasteiger partial charge in [-0.15, -0.1) is 0 Å². The molecule has 2 aromatic rings. The predicted molar refractivity (Wildman–Crippen MR) is 80.0 cm³/mol. The van der Waals surface area contributed by atoms with E-state index in [1.54, 1.807) is 42.5 Å². The summed E-state index contributed by atoms with van der Waals surface area (Å²) in [6.07, 6.45) is 1.26. The zero-order valence-corrected chi connectivity index (χ0v) is 12.3. The van der Waals surface area contributed by atoms with Gasteiger partial charge in [-0.3, -0.25) is 4.79 Å². The number of carbonyl (C=O) groups excluding carboxylic acids is 2. The van der Waals surface area contributed by atoms with Crippen LogP contribution in [0.25, 0.3) is 0 Å². The number of nitrogens with zero attached hydrogens (tertiary/aromatic N) is 1. The van der Waals surface area contributed by atoms with Crippen LogP contribution in [0.5, 0.6) is 0 Å². The molecule has 0 saturated heterocycles. The van der Waals surface area contributed by atoms with Gasteiger partial charge in [-0.2, -0.15) is 5.10 Å². The Morgan fingerprint density at radius 2 is 1.67 bits per heavy atom. The van der Waals surface area contributed by atoms with Crippen molar-refractivity contribution in [3.8, 4) is 0 Å². The zero-order chi connectivity index (χ0) is 15.2. The normalized spacial score (nSPS) is 10.5. The van der Waals surface area contributed by atoms with E-state index in [9.17, 15) is 14.7 Å². The summed E-state index contributed by atoms with van der Waals surface area (Å²) in [6.45, 7) is 0. The number of rotatable bonds is 4. The second-order valence-corrected chi connectivity index (χ2v) is 4.91. The number of hydrogen-bond donors (Lipinski definition) is 1. The van der Waals surface area contributed by atoms with Crippen LogP contribution in [-0.2, 0) is 0 Å². The number of hydrazone groups is 1. The molecule has 1 N–H and O–H groups in total. The van der Waals surface area contributed by atoms with E-state index < -0.39 is 11.9 Å². The van der Waals surface area contributed by atoms with Gasteiger partial charge in [0.15, 0.2) is 0 Å². The highest BCUT2D eigenvalue weighted by molar-refractivity contribution is 9.10. The Balaban J connectivity index is 2.12. The van der Waals surface area contributed by atoms with Gasteiger partial charge < -0.3 is 9.90 Å². The van der Waals surface area contributed by atoms with Crippen molar-refractivity contribution in [2.45, 2.75) is 0 Å². The molecule has 0 aliphatic heterocycles. The average Bonchev–Trinajstić information content (AvgIpc) is 2.48. The number of amides is 1. The second-order valence-electron chi connectivity index (χ2n) is 4.05. The van der Waals surface area contributed by atoms with E-state index in [4.69, 9.17) is 0 Å². The van der Waals surface area contributed by atoms with Gasteiger partial charge in [-0.25, -0.2) is 5.43 Å². The highest BCUT2D eigenvalue weighted by Gasteiger charge is 2.07.